The summed E-state index contributed by atoms with van der Waals surface area (Å²) < 4.78 is 5.70. The third-order valence-electron chi connectivity index (χ3n) is 3.41. The van der Waals surface area contributed by atoms with Crippen LogP contribution in [0.4, 0.5) is 0 Å². The van der Waals surface area contributed by atoms with Crippen LogP contribution in [-0.4, -0.2) is 12.7 Å². The molecule has 2 aliphatic rings. The quantitative estimate of drug-likeness (QED) is 0.484. The fourth-order valence-electron chi connectivity index (χ4n) is 2.46. The topological polar surface area (TPSA) is 9.23 Å². The van der Waals surface area contributed by atoms with Gasteiger partial charge in [0.25, 0.3) is 0 Å². The number of fused-ring (bicyclic) bond motifs is 2. The minimum absolute atomic E-state index is 0.356. The Morgan fingerprint density at radius 3 is 2.91 bits per heavy atom. The van der Waals surface area contributed by atoms with Gasteiger partial charge in [0.15, 0.2) is 0 Å². The van der Waals surface area contributed by atoms with Crippen LogP contribution in [0.5, 0.6) is 0 Å². The number of hydrogen-bond donors (Lipinski definition) is 0. The average molecular weight is 152 g/mol. The molecule has 0 spiro atoms. The van der Waals surface area contributed by atoms with E-state index >= 15 is 0 Å². The summed E-state index contributed by atoms with van der Waals surface area (Å²) in [4.78, 5) is 0. The molecule has 2 bridgehead atoms. The van der Waals surface area contributed by atoms with E-state index in [1.165, 1.54) is 18.4 Å². The first-order valence-corrected chi connectivity index (χ1v) is 4.41. The predicted octanol–water partition coefficient (Wildman–Crippen LogP) is 2.38. The van der Waals surface area contributed by atoms with E-state index in [1.807, 2.05) is 0 Å². The maximum Gasteiger partial charge on any atom is 0.0635 e. The molecule has 2 fully saturated rings. The molecule has 0 aromatic rings. The second-order valence-electron chi connectivity index (χ2n) is 4.39. The van der Waals surface area contributed by atoms with Crippen LogP contribution in [0.1, 0.15) is 26.7 Å². The third-order valence-corrected chi connectivity index (χ3v) is 3.41. The number of hydrogen-bond acceptors (Lipinski definition) is 1. The molecule has 62 valence electrons. The molecule has 0 aromatic carbocycles. The lowest BCUT2D eigenvalue weighted by molar-refractivity contribution is 0.0528. The van der Waals surface area contributed by atoms with Crippen LogP contribution in [0.25, 0.3) is 0 Å². The number of rotatable bonds is 0. The van der Waals surface area contributed by atoms with E-state index in [2.05, 4.69) is 20.4 Å². The fourth-order valence-corrected chi connectivity index (χ4v) is 2.46. The summed E-state index contributed by atoms with van der Waals surface area (Å²) in [7, 11) is 0. The molecule has 0 N–H and O–H groups in total. The molecule has 2 atom stereocenters. The summed E-state index contributed by atoms with van der Waals surface area (Å²) in [5.74, 6) is 0.626. The van der Waals surface area contributed by atoms with Gasteiger partial charge in [0.1, 0.15) is 0 Å². The molecule has 1 saturated heterocycles. The Kier molecular flexibility index (Phi) is 1.40. The summed E-state index contributed by atoms with van der Waals surface area (Å²) in [5, 5.41) is 0. The molecule has 1 aliphatic heterocycles. The van der Waals surface area contributed by atoms with E-state index < -0.39 is 0 Å². The van der Waals surface area contributed by atoms with Crippen molar-refractivity contribution in [2.75, 3.05) is 6.61 Å². The van der Waals surface area contributed by atoms with Crippen LogP contribution >= 0.6 is 0 Å². The first-order chi connectivity index (χ1) is 5.12. The normalized spacial score (nSPS) is 41.1. The summed E-state index contributed by atoms with van der Waals surface area (Å²) in [5.41, 5.74) is 1.76. The highest BCUT2D eigenvalue weighted by Crippen LogP contribution is 2.49. The summed E-state index contributed by atoms with van der Waals surface area (Å²) in [6, 6.07) is 0. The van der Waals surface area contributed by atoms with Gasteiger partial charge >= 0.3 is 0 Å². The van der Waals surface area contributed by atoms with Gasteiger partial charge in [0, 0.05) is 5.92 Å². The molecular formula is C10H16O. The maximum absolute atomic E-state index is 5.70. The SMILES string of the molecule is C=C1CC[C@H]2OC[C@@H]1C2(C)C. The zero-order valence-electron chi connectivity index (χ0n) is 7.39. The molecule has 11 heavy (non-hydrogen) atoms. The van der Waals surface area contributed by atoms with Crippen LogP contribution in [0, 0.1) is 11.3 Å². The summed E-state index contributed by atoms with van der Waals surface area (Å²) >= 11 is 0. The second kappa shape index (κ2) is 2.10. The highest BCUT2D eigenvalue weighted by molar-refractivity contribution is 5.15. The second-order valence-corrected chi connectivity index (χ2v) is 4.39. The van der Waals surface area contributed by atoms with Crippen LogP contribution in [-0.2, 0) is 4.74 Å². The molecule has 1 heteroatoms. The zero-order chi connectivity index (χ0) is 8.06. The van der Waals surface area contributed by atoms with Crippen LogP contribution in [0.15, 0.2) is 12.2 Å². The molecule has 1 saturated carbocycles. The third kappa shape index (κ3) is 0.871. The van der Waals surface area contributed by atoms with E-state index in [-0.39, 0.29) is 0 Å². The predicted molar refractivity (Wildman–Crippen MR) is 45.4 cm³/mol. The first-order valence-electron chi connectivity index (χ1n) is 4.41. The van der Waals surface area contributed by atoms with Crippen LogP contribution in [0.2, 0.25) is 0 Å². The van der Waals surface area contributed by atoms with Gasteiger partial charge in [-0.2, -0.15) is 0 Å². The van der Waals surface area contributed by atoms with Gasteiger partial charge in [-0.3, -0.25) is 0 Å². The van der Waals surface area contributed by atoms with Crippen molar-refractivity contribution >= 4 is 0 Å². The molecule has 1 aliphatic carbocycles. The molecule has 0 radical (unpaired) electrons. The summed E-state index contributed by atoms with van der Waals surface area (Å²) in [6.07, 6.45) is 2.86. The fraction of sp³-hybridized carbons (Fsp3) is 0.800. The monoisotopic (exact) mass is 152 g/mol. The molecular weight excluding hydrogens is 136 g/mol. The lowest BCUT2D eigenvalue weighted by atomic mass is 9.67. The largest absolute Gasteiger partial charge is 0.377 e. The molecule has 0 unspecified atom stereocenters. The van der Waals surface area contributed by atoms with Gasteiger partial charge in [-0.25, -0.2) is 0 Å². The minimum atomic E-state index is 0.356. The first kappa shape index (κ1) is 7.35. The highest BCUT2D eigenvalue weighted by Gasteiger charge is 2.47. The Bertz CT molecular complexity index is 193. The van der Waals surface area contributed by atoms with Crippen molar-refractivity contribution in [1.82, 2.24) is 0 Å². The Morgan fingerprint density at radius 2 is 2.27 bits per heavy atom. The van der Waals surface area contributed by atoms with Crippen molar-refractivity contribution in [2.45, 2.75) is 32.8 Å². The van der Waals surface area contributed by atoms with E-state index in [0.717, 1.165) is 6.61 Å². The Hall–Kier alpha value is -0.300. The minimum Gasteiger partial charge on any atom is -0.377 e. The lowest BCUT2D eigenvalue weighted by Gasteiger charge is -2.36. The van der Waals surface area contributed by atoms with Gasteiger partial charge in [-0.05, 0) is 18.3 Å². The van der Waals surface area contributed by atoms with E-state index in [1.54, 1.807) is 0 Å². The Balaban J connectivity index is 2.31. The molecule has 2 rings (SSSR count). The highest BCUT2D eigenvalue weighted by atomic mass is 16.5. The van der Waals surface area contributed by atoms with Crippen molar-refractivity contribution in [1.29, 1.82) is 0 Å². The Morgan fingerprint density at radius 1 is 1.55 bits per heavy atom. The maximum atomic E-state index is 5.70. The van der Waals surface area contributed by atoms with E-state index in [0.29, 0.717) is 17.4 Å². The summed E-state index contributed by atoms with van der Waals surface area (Å²) in [6.45, 7) is 9.63. The molecule has 1 heterocycles. The molecule has 0 aromatic heterocycles. The van der Waals surface area contributed by atoms with Gasteiger partial charge in [-0.15, -0.1) is 0 Å². The van der Waals surface area contributed by atoms with Crippen molar-refractivity contribution in [3.8, 4) is 0 Å². The van der Waals surface area contributed by atoms with Crippen molar-refractivity contribution in [3.63, 3.8) is 0 Å². The van der Waals surface area contributed by atoms with Crippen LogP contribution < -0.4 is 0 Å². The van der Waals surface area contributed by atoms with Crippen molar-refractivity contribution in [2.24, 2.45) is 11.3 Å². The van der Waals surface area contributed by atoms with Crippen molar-refractivity contribution < 1.29 is 4.74 Å². The van der Waals surface area contributed by atoms with Gasteiger partial charge < -0.3 is 4.74 Å². The van der Waals surface area contributed by atoms with Gasteiger partial charge in [0.05, 0.1) is 12.7 Å². The van der Waals surface area contributed by atoms with Gasteiger partial charge in [-0.1, -0.05) is 26.0 Å². The molecule has 1 nitrogen and oxygen atoms in total. The van der Waals surface area contributed by atoms with Crippen LogP contribution in [0.3, 0.4) is 0 Å². The molecule has 0 amide bonds. The standard InChI is InChI=1S/C10H16O/c1-7-4-5-9-10(2,3)8(7)6-11-9/h8-9H,1,4-6H2,2-3H3/t8-,9+/m0/s1. The smallest absolute Gasteiger partial charge is 0.0635 e. The lowest BCUT2D eigenvalue weighted by Crippen LogP contribution is -2.34. The van der Waals surface area contributed by atoms with Crippen molar-refractivity contribution in [3.05, 3.63) is 12.2 Å². The zero-order valence-corrected chi connectivity index (χ0v) is 7.39. The average Bonchev–Trinajstić information content (AvgIpc) is 2.15. The van der Waals surface area contributed by atoms with Gasteiger partial charge in [0.2, 0.25) is 0 Å². The van der Waals surface area contributed by atoms with E-state index in [4.69, 9.17) is 4.74 Å². The Labute approximate surface area is 68.4 Å². The van der Waals surface area contributed by atoms with E-state index in [9.17, 15) is 0 Å². The number of ether oxygens (including phenoxy) is 1.